The fraction of sp³-hybridized carbons (Fsp3) is 0.381. The Labute approximate surface area is 169 Å². The van der Waals surface area contributed by atoms with E-state index in [1.54, 1.807) is 6.20 Å². The largest absolute Gasteiger partial charge is 0.392 e. The first kappa shape index (κ1) is 19.5. The van der Waals surface area contributed by atoms with Gasteiger partial charge >= 0.3 is 0 Å². The van der Waals surface area contributed by atoms with Gasteiger partial charge in [0.05, 0.1) is 18.0 Å². The molecule has 1 aromatic carbocycles. The molecule has 2 aromatic heterocycles. The summed E-state index contributed by atoms with van der Waals surface area (Å²) in [6.45, 7) is 8.09. The summed E-state index contributed by atoms with van der Waals surface area (Å²) in [5.41, 5.74) is 4.89. The maximum atomic E-state index is 14.5. The molecule has 0 aliphatic carbocycles. The Morgan fingerprint density at radius 2 is 1.97 bits per heavy atom. The predicted molar refractivity (Wildman–Crippen MR) is 109 cm³/mol. The molecule has 0 saturated carbocycles. The van der Waals surface area contributed by atoms with Crippen LogP contribution in [0.3, 0.4) is 0 Å². The van der Waals surface area contributed by atoms with Crippen molar-refractivity contribution in [3.63, 3.8) is 0 Å². The summed E-state index contributed by atoms with van der Waals surface area (Å²) in [4.78, 5) is 10.6. The highest BCUT2D eigenvalue weighted by Crippen LogP contribution is 2.21. The van der Waals surface area contributed by atoms with E-state index in [0.717, 1.165) is 47.2 Å². The third-order valence-electron chi connectivity index (χ3n) is 5.06. The fourth-order valence-electron chi connectivity index (χ4n) is 3.71. The summed E-state index contributed by atoms with van der Waals surface area (Å²) >= 11 is 0. The SMILES string of the molecule is Cc1cc(C)cc(Nc2ncc(F)c(-n3cc(CN4CC[C@@H](O)C4)c(C)n3)n2)c1. The van der Waals surface area contributed by atoms with Crippen molar-refractivity contribution in [2.24, 2.45) is 0 Å². The van der Waals surface area contributed by atoms with Crippen LogP contribution in [0.2, 0.25) is 0 Å². The van der Waals surface area contributed by atoms with Gasteiger partial charge < -0.3 is 10.4 Å². The molecule has 4 rings (SSSR count). The van der Waals surface area contributed by atoms with Crippen LogP contribution in [0.4, 0.5) is 16.0 Å². The van der Waals surface area contributed by atoms with Crippen LogP contribution in [0.15, 0.2) is 30.6 Å². The molecule has 0 amide bonds. The number of rotatable bonds is 5. The maximum absolute atomic E-state index is 14.5. The number of halogens is 1. The van der Waals surface area contributed by atoms with E-state index in [2.05, 4.69) is 31.3 Å². The van der Waals surface area contributed by atoms with Gasteiger partial charge in [-0.2, -0.15) is 10.1 Å². The van der Waals surface area contributed by atoms with Crippen LogP contribution in [0.1, 0.15) is 28.8 Å². The second-order valence-corrected chi connectivity index (χ2v) is 7.73. The highest BCUT2D eigenvalue weighted by molar-refractivity contribution is 5.56. The van der Waals surface area contributed by atoms with Gasteiger partial charge in [0.2, 0.25) is 5.95 Å². The number of hydrogen-bond donors (Lipinski definition) is 2. The van der Waals surface area contributed by atoms with Crippen molar-refractivity contribution < 1.29 is 9.50 Å². The zero-order valence-electron chi connectivity index (χ0n) is 16.9. The van der Waals surface area contributed by atoms with Crippen LogP contribution < -0.4 is 5.32 Å². The number of nitrogens with zero attached hydrogens (tertiary/aromatic N) is 5. The number of aliphatic hydroxyl groups is 1. The number of benzene rings is 1. The van der Waals surface area contributed by atoms with E-state index in [4.69, 9.17) is 0 Å². The molecule has 2 N–H and O–H groups in total. The Balaban J connectivity index is 1.58. The first-order valence-corrected chi connectivity index (χ1v) is 9.71. The summed E-state index contributed by atoms with van der Waals surface area (Å²) < 4.78 is 15.9. The van der Waals surface area contributed by atoms with Crippen molar-refractivity contribution in [1.29, 1.82) is 0 Å². The van der Waals surface area contributed by atoms with Gasteiger partial charge in [-0.25, -0.2) is 14.1 Å². The maximum Gasteiger partial charge on any atom is 0.229 e. The molecule has 152 valence electrons. The van der Waals surface area contributed by atoms with E-state index < -0.39 is 5.82 Å². The van der Waals surface area contributed by atoms with Crippen molar-refractivity contribution in [3.05, 3.63) is 58.8 Å². The number of aryl methyl sites for hydroxylation is 3. The van der Waals surface area contributed by atoms with Gasteiger partial charge in [-0.15, -0.1) is 0 Å². The summed E-state index contributed by atoms with van der Waals surface area (Å²) in [5.74, 6) is -0.131. The highest BCUT2D eigenvalue weighted by atomic mass is 19.1. The third kappa shape index (κ3) is 4.44. The Morgan fingerprint density at radius 3 is 2.66 bits per heavy atom. The minimum absolute atomic E-state index is 0.0997. The van der Waals surface area contributed by atoms with Gasteiger partial charge in [0, 0.05) is 37.1 Å². The normalized spacial score (nSPS) is 17.1. The van der Waals surface area contributed by atoms with Crippen molar-refractivity contribution in [1.82, 2.24) is 24.6 Å². The molecule has 1 atom stereocenters. The van der Waals surface area contributed by atoms with E-state index in [9.17, 15) is 9.50 Å². The van der Waals surface area contributed by atoms with Gasteiger partial charge in [-0.05, 0) is 50.5 Å². The van der Waals surface area contributed by atoms with Gasteiger partial charge in [0.15, 0.2) is 11.6 Å². The molecular formula is C21H25FN6O. The van der Waals surface area contributed by atoms with Crippen molar-refractivity contribution in [3.8, 4) is 5.82 Å². The Morgan fingerprint density at radius 1 is 1.21 bits per heavy atom. The Hall–Kier alpha value is -2.84. The summed E-state index contributed by atoms with van der Waals surface area (Å²) in [5, 5.41) is 17.3. The van der Waals surface area contributed by atoms with Crippen LogP contribution >= 0.6 is 0 Å². The molecular weight excluding hydrogens is 371 g/mol. The molecule has 3 heterocycles. The zero-order chi connectivity index (χ0) is 20.5. The number of nitrogens with one attached hydrogen (secondary N) is 1. The molecule has 0 spiro atoms. The lowest BCUT2D eigenvalue weighted by atomic mass is 10.1. The highest BCUT2D eigenvalue weighted by Gasteiger charge is 2.22. The van der Waals surface area contributed by atoms with Crippen molar-refractivity contribution in [2.75, 3.05) is 18.4 Å². The number of β-amino-alcohol motifs (C(OH)–C–C–N with tert-alkyl or cyclic N) is 1. The molecule has 0 bridgehead atoms. The predicted octanol–water partition coefficient (Wildman–Crippen LogP) is 3.04. The minimum Gasteiger partial charge on any atom is -0.392 e. The number of aliphatic hydroxyl groups excluding tert-OH is 1. The molecule has 29 heavy (non-hydrogen) atoms. The molecule has 1 fully saturated rings. The lowest BCUT2D eigenvalue weighted by molar-refractivity contribution is 0.174. The second kappa shape index (κ2) is 7.88. The molecule has 1 aliphatic heterocycles. The van der Waals surface area contributed by atoms with Crippen molar-refractivity contribution in [2.45, 2.75) is 39.8 Å². The molecule has 1 aliphatic rings. The molecule has 3 aromatic rings. The summed E-state index contributed by atoms with van der Waals surface area (Å²) in [6, 6.07) is 6.05. The van der Waals surface area contributed by atoms with Gasteiger partial charge in [0.1, 0.15) is 0 Å². The second-order valence-electron chi connectivity index (χ2n) is 7.73. The monoisotopic (exact) mass is 396 g/mol. The first-order valence-electron chi connectivity index (χ1n) is 9.71. The lowest BCUT2D eigenvalue weighted by Gasteiger charge is -2.13. The van der Waals surface area contributed by atoms with Gasteiger partial charge in [-0.3, -0.25) is 4.90 Å². The summed E-state index contributed by atoms with van der Waals surface area (Å²) in [6.07, 6.45) is 3.46. The fourth-order valence-corrected chi connectivity index (χ4v) is 3.71. The third-order valence-corrected chi connectivity index (χ3v) is 5.06. The first-order chi connectivity index (χ1) is 13.9. The van der Waals surface area contributed by atoms with Crippen LogP contribution in [-0.4, -0.2) is 48.9 Å². The standard InChI is InChI=1S/C21H25FN6O/c1-13-6-14(2)8-17(7-13)24-21-23-9-19(22)20(25-21)28-11-16(15(3)26-28)10-27-5-4-18(29)12-27/h6-9,11,18,29H,4-5,10,12H2,1-3H3,(H,23,24,25)/t18-/m1/s1. The van der Waals surface area contributed by atoms with Gasteiger partial charge in [-0.1, -0.05) is 6.07 Å². The zero-order valence-corrected chi connectivity index (χ0v) is 16.9. The minimum atomic E-state index is -0.540. The molecule has 1 saturated heterocycles. The van der Waals surface area contributed by atoms with E-state index in [-0.39, 0.29) is 11.9 Å². The quantitative estimate of drug-likeness (QED) is 0.690. The Bertz CT molecular complexity index is 1010. The van der Waals surface area contributed by atoms with E-state index in [1.807, 2.05) is 32.9 Å². The van der Waals surface area contributed by atoms with E-state index in [1.165, 1.54) is 4.68 Å². The topological polar surface area (TPSA) is 79.1 Å². The molecule has 0 radical (unpaired) electrons. The number of aromatic nitrogens is 4. The van der Waals surface area contributed by atoms with Crippen LogP contribution in [-0.2, 0) is 6.54 Å². The smallest absolute Gasteiger partial charge is 0.229 e. The number of likely N-dealkylation sites (tertiary alicyclic amines) is 1. The molecule has 8 heteroatoms. The van der Waals surface area contributed by atoms with Crippen LogP contribution in [0, 0.1) is 26.6 Å². The summed E-state index contributed by atoms with van der Waals surface area (Å²) in [7, 11) is 0. The Kier molecular flexibility index (Phi) is 5.29. The van der Waals surface area contributed by atoms with Crippen LogP contribution in [0.25, 0.3) is 5.82 Å². The lowest BCUT2D eigenvalue weighted by Crippen LogP contribution is -2.21. The van der Waals surface area contributed by atoms with Gasteiger partial charge in [0.25, 0.3) is 0 Å². The van der Waals surface area contributed by atoms with E-state index in [0.29, 0.717) is 19.0 Å². The average molecular weight is 396 g/mol. The van der Waals surface area contributed by atoms with E-state index >= 15 is 0 Å². The number of hydrogen-bond acceptors (Lipinski definition) is 6. The van der Waals surface area contributed by atoms with Crippen molar-refractivity contribution >= 4 is 11.6 Å². The van der Waals surface area contributed by atoms with Crippen LogP contribution in [0.5, 0.6) is 0 Å². The number of anilines is 2. The molecule has 7 nitrogen and oxygen atoms in total. The average Bonchev–Trinajstić information content (AvgIpc) is 3.22. The molecule has 0 unspecified atom stereocenters.